The molecule has 0 aliphatic rings. The molecule has 3 rings (SSSR count). The quantitative estimate of drug-likeness (QED) is 0.724. The van der Waals surface area contributed by atoms with Gasteiger partial charge in [-0.15, -0.1) is 0 Å². The topological polar surface area (TPSA) is 61.8 Å². The molecule has 3 aromatic rings. The molecule has 0 amide bonds. The molecule has 18 heavy (non-hydrogen) atoms. The summed E-state index contributed by atoms with van der Waals surface area (Å²) in [6.45, 7) is 1.93. The molecule has 0 aliphatic heterocycles. The second kappa shape index (κ2) is 4.10. The number of rotatable bonds is 1. The van der Waals surface area contributed by atoms with Gasteiger partial charge >= 0.3 is 0 Å². The van der Waals surface area contributed by atoms with Gasteiger partial charge in [-0.1, -0.05) is 6.07 Å². The van der Waals surface area contributed by atoms with Crippen molar-refractivity contribution in [3.63, 3.8) is 0 Å². The molecule has 1 aromatic carbocycles. The maximum Gasteiger partial charge on any atom is 0.178 e. The molecule has 0 atom stereocenters. The maximum atomic E-state index is 9.93. The number of phenolic OH excluding ortho intramolecular Hbond substituents is 1. The molecular formula is C13H10BrN3O. The Morgan fingerprint density at radius 1 is 1.28 bits per heavy atom. The van der Waals surface area contributed by atoms with Crippen LogP contribution in [0.1, 0.15) is 5.56 Å². The molecule has 0 aliphatic carbocycles. The first-order valence-corrected chi connectivity index (χ1v) is 6.24. The predicted octanol–water partition coefficient (Wildman–Crippen LogP) is 3.40. The van der Waals surface area contributed by atoms with Gasteiger partial charge in [0.05, 0.1) is 11.1 Å². The fraction of sp³-hybridized carbons (Fsp3) is 0.0769. The number of hydrogen-bond acceptors (Lipinski definition) is 3. The number of H-pyrrole nitrogens is 1. The van der Waals surface area contributed by atoms with E-state index in [4.69, 9.17) is 0 Å². The summed E-state index contributed by atoms with van der Waals surface area (Å²) >= 11 is 3.36. The minimum atomic E-state index is 0.216. The van der Waals surface area contributed by atoms with Gasteiger partial charge in [-0.2, -0.15) is 0 Å². The Balaban J connectivity index is 2.19. The van der Waals surface area contributed by atoms with Gasteiger partial charge in [0.15, 0.2) is 5.65 Å². The summed E-state index contributed by atoms with van der Waals surface area (Å²) in [7, 11) is 0. The van der Waals surface area contributed by atoms with Gasteiger partial charge in [-0.25, -0.2) is 9.97 Å². The fourth-order valence-electron chi connectivity index (χ4n) is 1.84. The van der Waals surface area contributed by atoms with Gasteiger partial charge in [0.2, 0.25) is 0 Å². The van der Waals surface area contributed by atoms with Gasteiger partial charge in [-0.3, -0.25) is 0 Å². The number of hydrogen-bond donors (Lipinski definition) is 2. The zero-order valence-electron chi connectivity index (χ0n) is 9.61. The molecule has 0 bridgehead atoms. The maximum absolute atomic E-state index is 9.93. The third-order valence-corrected chi connectivity index (χ3v) is 3.15. The van der Waals surface area contributed by atoms with Crippen LogP contribution in [-0.2, 0) is 0 Å². The number of halogens is 1. The van der Waals surface area contributed by atoms with Gasteiger partial charge in [-0.05, 0) is 46.6 Å². The number of benzene rings is 1. The highest BCUT2D eigenvalue weighted by molar-refractivity contribution is 9.10. The van der Waals surface area contributed by atoms with E-state index in [0.29, 0.717) is 17.0 Å². The molecule has 90 valence electrons. The van der Waals surface area contributed by atoms with Crippen LogP contribution >= 0.6 is 15.9 Å². The normalized spacial score (nSPS) is 11.0. The highest BCUT2D eigenvalue weighted by atomic mass is 79.9. The lowest BCUT2D eigenvalue weighted by Gasteiger charge is -2.01. The Hall–Kier alpha value is -1.88. The molecule has 0 saturated carbocycles. The van der Waals surface area contributed by atoms with Crippen LogP contribution in [0.25, 0.3) is 22.6 Å². The summed E-state index contributed by atoms with van der Waals surface area (Å²) in [5.41, 5.74) is 3.15. The fourth-order valence-corrected chi connectivity index (χ4v) is 2.18. The van der Waals surface area contributed by atoms with Crippen LogP contribution < -0.4 is 0 Å². The van der Waals surface area contributed by atoms with Gasteiger partial charge in [0, 0.05) is 10.7 Å². The van der Waals surface area contributed by atoms with E-state index in [-0.39, 0.29) is 5.75 Å². The highest BCUT2D eigenvalue weighted by Gasteiger charge is 2.10. The summed E-state index contributed by atoms with van der Waals surface area (Å²) in [4.78, 5) is 11.7. The molecule has 0 unspecified atom stereocenters. The second-order valence-electron chi connectivity index (χ2n) is 4.13. The van der Waals surface area contributed by atoms with Crippen molar-refractivity contribution >= 4 is 27.1 Å². The highest BCUT2D eigenvalue weighted by Crippen LogP contribution is 2.29. The molecule has 2 aromatic heterocycles. The lowest BCUT2D eigenvalue weighted by Crippen LogP contribution is -1.82. The summed E-state index contributed by atoms with van der Waals surface area (Å²) < 4.78 is 0.887. The monoisotopic (exact) mass is 303 g/mol. The van der Waals surface area contributed by atoms with E-state index in [9.17, 15) is 5.11 Å². The smallest absolute Gasteiger partial charge is 0.178 e. The van der Waals surface area contributed by atoms with Crippen molar-refractivity contribution in [1.82, 2.24) is 15.0 Å². The van der Waals surface area contributed by atoms with Gasteiger partial charge in [0.1, 0.15) is 11.6 Å². The SMILES string of the molecule is Cc1ccc(-c2nc3ncc(Br)cc3[nH]2)c(O)c1. The number of pyridine rings is 1. The Kier molecular flexibility index (Phi) is 2.56. The number of nitrogens with one attached hydrogen (secondary N) is 1. The largest absolute Gasteiger partial charge is 0.507 e. The third kappa shape index (κ3) is 1.86. The van der Waals surface area contributed by atoms with E-state index in [1.54, 1.807) is 12.3 Å². The third-order valence-electron chi connectivity index (χ3n) is 2.71. The van der Waals surface area contributed by atoms with Crippen LogP contribution in [-0.4, -0.2) is 20.1 Å². The molecule has 5 heteroatoms. The van der Waals surface area contributed by atoms with Crippen LogP contribution in [0.2, 0.25) is 0 Å². The molecule has 0 fully saturated rings. The summed E-state index contributed by atoms with van der Waals surface area (Å²) in [5.74, 6) is 0.834. The van der Waals surface area contributed by atoms with E-state index in [0.717, 1.165) is 15.6 Å². The van der Waals surface area contributed by atoms with Crippen molar-refractivity contribution in [3.05, 3.63) is 40.5 Å². The second-order valence-corrected chi connectivity index (χ2v) is 5.05. The summed E-state index contributed by atoms with van der Waals surface area (Å²) in [6, 6.07) is 7.40. The van der Waals surface area contributed by atoms with Crippen LogP contribution in [0.5, 0.6) is 5.75 Å². The first-order valence-electron chi connectivity index (χ1n) is 5.45. The number of aryl methyl sites for hydroxylation is 1. The van der Waals surface area contributed by atoms with Crippen LogP contribution in [0.3, 0.4) is 0 Å². The van der Waals surface area contributed by atoms with Crippen LogP contribution in [0, 0.1) is 6.92 Å². The van der Waals surface area contributed by atoms with Gasteiger partial charge in [0.25, 0.3) is 0 Å². The molecule has 2 heterocycles. The predicted molar refractivity (Wildman–Crippen MR) is 73.4 cm³/mol. The molecular weight excluding hydrogens is 294 g/mol. The van der Waals surface area contributed by atoms with Crippen molar-refractivity contribution in [2.75, 3.05) is 0 Å². The minimum absolute atomic E-state index is 0.216. The van der Waals surface area contributed by atoms with E-state index < -0.39 is 0 Å². The standard InChI is InChI=1S/C13H10BrN3O/c1-7-2-3-9(11(18)4-7)12-16-10-5-8(14)6-15-13(10)17-12/h2-6,18H,1H3,(H,15,16,17). The number of aromatic hydroxyl groups is 1. The lowest BCUT2D eigenvalue weighted by atomic mass is 10.1. The first kappa shape index (κ1) is 11.2. The van der Waals surface area contributed by atoms with Gasteiger partial charge < -0.3 is 10.1 Å². The number of aromatic amines is 1. The average molecular weight is 304 g/mol. The van der Waals surface area contributed by atoms with Crippen molar-refractivity contribution in [2.45, 2.75) is 6.92 Å². The Labute approximate surface area is 112 Å². The molecule has 4 nitrogen and oxygen atoms in total. The zero-order chi connectivity index (χ0) is 12.7. The molecule has 2 N–H and O–H groups in total. The molecule has 0 radical (unpaired) electrons. The average Bonchev–Trinajstić information content (AvgIpc) is 2.71. The van der Waals surface area contributed by atoms with Crippen molar-refractivity contribution in [2.24, 2.45) is 0 Å². The zero-order valence-corrected chi connectivity index (χ0v) is 11.2. The van der Waals surface area contributed by atoms with Crippen molar-refractivity contribution < 1.29 is 5.11 Å². The first-order chi connectivity index (χ1) is 8.63. The van der Waals surface area contributed by atoms with Crippen LogP contribution in [0.4, 0.5) is 0 Å². The van der Waals surface area contributed by atoms with Crippen molar-refractivity contribution in [3.8, 4) is 17.1 Å². The molecule has 0 saturated heterocycles. The van der Waals surface area contributed by atoms with E-state index in [1.807, 2.05) is 25.1 Å². The van der Waals surface area contributed by atoms with Crippen molar-refractivity contribution in [1.29, 1.82) is 0 Å². The number of fused-ring (bicyclic) bond motifs is 1. The van der Waals surface area contributed by atoms with E-state index >= 15 is 0 Å². The number of imidazole rings is 1. The Morgan fingerprint density at radius 2 is 2.11 bits per heavy atom. The summed E-state index contributed by atoms with van der Waals surface area (Å²) in [6.07, 6.45) is 1.70. The number of nitrogens with zero attached hydrogens (tertiary/aromatic N) is 2. The van der Waals surface area contributed by atoms with E-state index in [2.05, 4.69) is 30.9 Å². The van der Waals surface area contributed by atoms with E-state index in [1.165, 1.54) is 0 Å². The Bertz CT molecular complexity index is 736. The lowest BCUT2D eigenvalue weighted by molar-refractivity contribution is 0.476. The van der Waals surface area contributed by atoms with Crippen LogP contribution in [0.15, 0.2) is 34.9 Å². The summed E-state index contributed by atoms with van der Waals surface area (Å²) in [5, 5.41) is 9.93. The molecule has 0 spiro atoms. The number of aromatic nitrogens is 3. The number of phenols is 1. The Morgan fingerprint density at radius 3 is 2.89 bits per heavy atom. The minimum Gasteiger partial charge on any atom is -0.507 e.